The van der Waals surface area contributed by atoms with E-state index in [2.05, 4.69) is 21.0 Å². The van der Waals surface area contributed by atoms with E-state index in [0.717, 1.165) is 4.47 Å². The van der Waals surface area contributed by atoms with Crippen molar-refractivity contribution in [2.24, 2.45) is 0 Å². The maximum atomic E-state index is 11.8. The number of ketones is 1. The van der Waals surface area contributed by atoms with E-state index in [4.69, 9.17) is 11.6 Å². The van der Waals surface area contributed by atoms with E-state index in [9.17, 15) is 4.79 Å². The minimum atomic E-state index is 0.00673. The Balaban J connectivity index is 2.11. The second-order valence-corrected chi connectivity index (χ2v) is 4.64. The van der Waals surface area contributed by atoms with Crippen LogP contribution in [0.15, 0.2) is 41.1 Å². The van der Waals surface area contributed by atoms with Gasteiger partial charge in [0.1, 0.15) is 6.54 Å². The molecule has 0 fully saturated rings. The summed E-state index contributed by atoms with van der Waals surface area (Å²) in [5.41, 5.74) is 0.662. The van der Waals surface area contributed by atoms with Crippen LogP contribution in [-0.2, 0) is 6.54 Å². The van der Waals surface area contributed by atoms with E-state index in [1.807, 2.05) is 12.1 Å². The van der Waals surface area contributed by atoms with Gasteiger partial charge in [0.05, 0.1) is 11.2 Å². The van der Waals surface area contributed by atoms with Crippen LogP contribution in [0.1, 0.15) is 10.4 Å². The summed E-state index contributed by atoms with van der Waals surface area (Å²) in [6, 6.07) is 7.22. The number of halogens is 2. The van der Waals surface area contributed by atoms with Crippen molar-refractivity contribution in [1.29, 1.82) is 0 Å². The number of carbonyl (C=O) groups is 1. The molecule has 2 aromatic rings. The van der Waals surface area contributed by atoms with Crippen LogP contribution in [0.25, 0.3) is 0 Å². The Morgan fingerprint density at radius 3 is 2.62 bits per heavy atom. The zero-order chi connectivity index (χ0) is 11.5. The fraction of sp³-hybridized carbons (Fsp3) is 0.0909. The first-order chi connectivity index (χ1) is 7.65. The van der Waals surface area contributed by atoms with Gasteiger partial charge in [-0.25, -0.2) is 0 Å². The topological polar surface area (TPSA) is 34.9 Å². The average molecular weight is 300 g/mol. The summed E-state index contributed by atoms with van der Waals surface area (Å²) < 4.78 is 2.47. The van der Waals surface area contributed by atoms with Crippen LogP contribution in [-0.4, -0.2) is 15.6 Å². The second-order valence-electron chi connectivity index (χ2n) is 3.29. The SMILES string of the molecule is O=C(Cn1cc(Cl)cn1)c1ccc(Br)cc1. The maximum absolute atomic E-state index is 11.8. The van der Waals surface area contributed by atoms with Crippen LogP contribution in [0.5, 0.6) is 0 Å². The van der Waals surface area contributed by atoms with Gasteiger partial charge in [-0.05, 0) is 12.1 Å². The van der Waals surface area contributed by atoms with Crippen molar-refractivity contribution in [1.82, 2.24) is 9.78 Å². The molecule has 0 bridgehead atoms. The van der Waals surface area contributed by atoms with Crippen LogP contribution in [0, 0.1) is 0 Å². The Bertz CT molecular complexity index is 507. The number of rotatable bonds is 3. The molecule has 0 aliphatic heterocycles. The molecule has 3 nitrogen and oxygen atoms in total. The number of nitrogens with zero attached hydrogens (tertiary/aromatic N) is 2. The van der Waals surface area contributed by atoms with Gasteiger partial charge in [0.15, 0.2) is 5.78 Å². The molecule has 0 amide bonds. The fourth-order valence-corrected chi connectivity index (χ4v) is 1.72. The van der Waals surface area contributed by atoms with Gasteiger partial charge in [-0.2, -0.15) is 5.10 Å². The molecule has 0 unspecified atom stereocenters. The fourth-order valence-electron chi connectivity index (χ4n) is 1.30. The summed E-state index contributed by atoms with van der Waals surface area (Å²) in [5, 5.41) is 4.48. The normalized spacial score (nSPS) is 10.4. The van der Waals surface area contributed by atoms with Crippen molar-refractivity contribution >= 4 is 33.3 Å². The lowest BCUT2D eigenvalue weighted by Crippen LogP contribution is -2.10. The third-order valence-electron chi connectivity index (χ3n) is 2.07. The zero-order valence-corrected chi connectivity index (χ0v) is 10.6. The van der Waals surface area contributed by atoms with Crippen molar-refractivity contribution in [3.05, 3.63) is 51.7 Å². The second kappa shape index (κ2) is 4.80. The van der Waals surface area contributed by atoms with Crippen LogP contribution in [0.3, 0.4) is 0 Å². The van der Waals surface area contributed by atoms with Crippen molar-refractivity contribution in [2.45, 2.75) is 6.54 Å². The van der Waals surface area contributed by atoms with Crippen LogP contribution in [0.2, 0.25) is 5.02 Å². The Labute approximate surface area is 106 Å². The first-order valence-electron chi connectivity index (χ1n) is 4.62. The number of aromatic nitrogens is 2. The van der Waals surface area contributed by atoms with Crippen LogP contribution < -0.4 is 0 Å². The van der Waals surface area contributed by atoms with E-state index in [-0.39, 0.29) is 12.3 Å². The standard InChI is InChI=1S/C11H8BrClN2O/c12-9-3-1-8(2-4-9)11(16)7-15-6-10(13)5-14-15/h1-6H,7H2. The Kier molecular flexibility index (Phi) is 3.41. The van der Waals surface area contributed by atoms with E-state index < -0.39 is 0 Å². The molecule has 82 valence electrons. The average Bonchev–Trinajstić information content (AvgIpc) is 2.65. The molecule has 0 saturated heterocycles. The van der Waals surface area contributed by atoms with Crippen molar-refractivity contribution in [2.75, 3.05) is 0 Å². The monoisotopic (exact) mass is 298 g/mol. The molecule has 0 saturated carbocycles. The van der Waals surface area contributed by atoms with E-state index in [1.54, 1.807) is 18.3 Å². The molecule has 0 aliphatic carbocycles. The molecule has 2 rings (SSSR count). The summed E-state index contributed by atoms with van der Waals surface area (Å²) in [7, 11) is 0. The highest BCUT2D eigenvalue weighted by Crippen LogP contribution is 2.12. The molecule has 16 heavy (non-hydrogen) atoms. The molecular formula is C11H8BrClN2O. The van der Waals surface area contributed by atoms with Crippen molar-refractivity contribution in [3.63, 3.8) is 0 Å². The Morgan fingerprint density at radius 2 is 2.06 bits per heavy atom. The predicted octanol–water partition coefficient (Wildman–Crippen LogP) is 3.18. The predicted molar refractivity (Wildman–Crippen MR) is 65.7 cm³/mol. The summed E-state index contributed by atoms with van der Waals surface area (Å²) in [6.07, 6.45) is 3.13. The molecule has 0 N–H and O–H groups in total. The highest BCUT2D eigenvalue weighted by molar-refractivity contribution is 9.10. The first-order valence-corrected chi connectivity index (χ1v) is 5.79. The third-order valence-corrected chi connectivity index (χ3v) is 2.80. The van der Waals surface area contributed by atoms with Crippen LogP contribution >= 0.6 is 27.5 Å². The summed E-state index contributed by atoms with van der Waals surface area (Å²) in [5.74, 6) is 0.00673. The molecule has 1 aromatic carbocycles. The Hall–Kier alpha value is -1.13. The van der Waals surface area contributed by atoms with Crippen LogP contribution in [0.4, 0.5) is 0 Å². The largest absolute Gasteiger partial charge is 0.292 e. The van der Waals surface area contributed by atoms with Crippen molar-refractivity contribution in [3.8, 4) is 0 Å². The van der Waals surface area contributed by atoms with E-state index in [1.165, 1.54) is 10.9 Å². The minimum Gasteiger partial charge on any atom is -0.292 e. The lowest BCUT2D eigenvalue weighted by molar-refractivity contribution is 0.0967. The zero-order valence-electron chi connectivity index (χ0n) is 8.23. The molecule has 0 radical (unpaired) electrons. The lowest BCUT2D eigenvalue weighted by atomic mass is 10.1. The van der Waals surface area contributed by atoms with Gasteiger partial charge in [-0.15, -0.1) is 0 Å². The summed E-state index contributed by atoms with van der Waals surface area (Å²) in [4.78, 5) is 11.8. The molecule has 5 heteroatoms. The lowest BCUT2D eigenvalue weighted by Gasteiger charge is -2.01. The van der Waals surface area contributed by atoms with Gasteiger partial charge in [0.2, 0.25) is 0 Å². The molecular weight excluding hydrogens is 291 g/mol. The van der Waals surface area contributed by atoms with Gasteiger partial charge in [-0.1, -0.05) is 39.7 Å². The Morgan fingerprint density at radius 1 is 1.38 bits per heavy atom. The summed E-state index contributed by atoms with van der Waals surface area (Å²) in [6.45, 7) is 0.203. The maximum Gasteiger partial charge on any atom is 0.184 e. The van der Waals surface area contributed by atoms with Gasteiger partial charge in [0, 0.05) is 16.2 Å². The van der Waals surface area contributed by atoms with Gasteiger partial charge in [-0.3, -0.25) is 9.48 Å². The van der Waals surface area contributed by atoms with E-state index >= 15 is 0 Å². The summed E-state index contributed by atoms with van der Waals surface area (Å²) >= 11 is 9.03. The number of benzene rings is 1. The van der Waals surface area contributed by atoms with Gasteiger partial charge >= 0.3 is 0 Å². The molecule has 0 aliphatic rings. The number of Topliss-reactive ketones (excluding diaryl/α,β-unsaturated/α-hetero) is 1. The van der Waals surface area contributed by atoms with Crippen molar-refractivity contribution < 1.29 is 4.79 Å². The highest BCUT2D eigenvalue weighted by Gasteiger charge is 2.07. The molecule has 1 aromatic heterocycles. The molecule has 0 atom stereocenters. The molecule has 1 heterocycles. The smallest absolute Gasteiger partial charge is 0.184 e. The number of carbonyl (C=O) groups excluding carboxylic acids is 1. The van der Waals surface area contributed by atoms with E-state index in [0.29, 0.717) is 10.6 Å². The highest BCUT2D eigenvalue weighted by atomic mass is 79.9. The van der Waals surface area contributed by atoms with Gasteiger partial charge in [0.25, 0.3) is 0 Å². The molecule has 0 spiro atoms. The van der Waals surface area contributed by atoms with Gasteiger partial charge < -0.3 is 0 Å². The first kappa shape index (κ1) is 11.4. The minimum absolute atomic E-state index is 0.00673. The quantitative estimate of drug-likeness (QED) is 0.816. The number of hydrogen-bond acceptors (Lipinski definition) is 2. The number of hydrogen-bond donors (Lipinski definition) is 0. The third kappa shape index (κ3) is 2.71.